The molecule has 2 aromatic carbocycles. The molecule has 0 radical (unpaired) electrons. The first kappa shape index (κ1) is 19.3. The number of nitrogens with one attached hydrogen (secondary N) is 1. The summed E-state index contributed by atoms with van der Waals surface area (Å²) in [6.45, 7) is 5.26. The van der Waals surface area contributed by atoms with Crippen molar-refractivity contribution in [2.24, 2.45) is 0 Å². The predicted octanol–water partition coefficient (Wildman–Crippen LogP) is 4.14. The second-order valence-electron chi connectivity index (χ2n) is 7.02. The van der Waals surface area contributed by atoms with Gasteiger partial charge in [-0.2, -0.15) is 0 Å². The van der Waals surface area contributed by atoms with E-state index in [4.69, 9.17) is 18.9 Å². The molecule has 1 aliphatic rings. The predicted molar refractivity (Wildman–Crippen MR) is 98.8 cm³/mol. The van der Waals surface area contributed by atoms with E-state index in [2.05, 4.69) is 5.32 Å². The summed E-state index contributed by atoms with van der Waals surface area (Å²) in [5, 5.41) is 13.8. The minimum Gasteiger partial charge on any atom is -0.457 e. The number of carbonyl (C=O) groups is 1. The molecule has 0 bridgehead atoms. The summed E-state index contributed by atoms with van der Waals surface area (Å²) in [7, 11) is 0. The highest BCUT2D eigenvalue weighted by Gasteiger charge is 2.20. The Bertz CT molecular complexity index is 906. The molecule has 9 heteroatoms. The molecule has 1 aliphatic heterocycles. The molecule has 0 atom stereocenters. The Hall–Kier alpha value is -3.49. The number of nitro benzene ring substituents is 1. The number of benzene rings is 2. The number of ether oxygens (including phenoxy) is 4. The van der Waals surface area contributed by atoms with Gasteiger partial charge >= 0.3 is 6.09 Å². The average Bonchev–Trinajstić information content (AvgIpc) is 3.06. The van der Waals surface area contributed by atoms with Crippen molar-refractivity contribution in [2.45, 2.75) is 32.9 Å². The van der Waals surface area contributed by atoms with Gasteiger partial charge in [-0.3, -0.25) is 10.1 Å². The molecule has 0 saturated heterocycles. The van der Waals surface area contributed by atoms with Crippen molar-refractivity contribution < 1.29 is 28.7 Å². The van der Waals surface area contributed by atoms with Gasteiger partial charge in [0.1, 0.15) is 17.1 Å². The first-order chi connectivity index (χ1) is 13.2. The van der Waals surface area contributed by atoms with Gasteiger partial charge in [-0.05, 0) is 45.0 Å². The molecule has 0 saturated carbocycles. The van der Waals surface area contributed by atoms with Gasteiger partial charge in [0.15, 0.2) is 11.5 Å². The van der Waals surface area contributed by atoms with E-state index in [1.54, 1.807) is 39.0 Å². The number of carbonyl (C=O) groups excluding carboxylic acids is 1. The zero-order valence-electron chi connectivity index (χ0n) is 15.7. The van der Waals surface area contributed by atoms with Crippen molar-refractivity contribution in [2.75, 3.05) is 6.79 Å². The van der Waals surface area contributed by atoms with E-state index < -0.39 is 16.6 Å². The zero-order chi connectivity index (χ0) is 20.3. The van der Waals surface area contributed by atoms with Crippen molar-refractivity contribution in [3.05, 3.63) is 52.1 Å². The van der Waals surface area contributed by atoms with Crippen molar-refractivity contribution in [3.63, 3.8) is 0 Å². The van der Waals surface area contributed by atoms with E-state index in [1.807, 2.05) is 0 Å². The Kier molecular flexibility index (Phi) is 5.25. The molecule has 148 valence electrons. The Morgan fingerprint density at radius 3 is 2.54 bits per heavy atom. The maximum absolute atomic E-state index is 11.8. The Morgan fingerprint density at radius 1 is 1.14 bits per heavy atom. The molecule has 28 heavy (non-hydrogen) atoms. The minimum absolute atomic E-state index is 0.0798. The third kappa shape index (κ3) is 4.81. The highest BCUT2D eigenvalue weighted by Crippen LogP contribution is 2.37. The maximum Gasteiger partial charge on any atom is 0.407 e. The van der Waals surface area contributed by atoms with Crippen LogP contribution in [0.1, 0.15) is 26.3 Å². The molecule has 0 unspecified atom stereocenters. The van der Waals surface area contributed by atoms with Gasteiger partial charge in [-0.15, -0.1) is 0 Å². The van der Waals surface area contributed by atoms with Gasteiger partial charge < -0.3 is 24.3 Å². The molecule has 9 nitrogen and oxygen atoms in total. The number of nitro groups is 1. The normalized spacial score (nSPS) is 12.4. The summed E-state index contributed by atoms with van der Waals surface area (Å²) in [4.78, 5) is 22.6. The van der Waals surface area contributed by atoms with Crippen LogP contribution in [-0.4, -0.2) is 23.4 Å². The fraction of sp³-hybridized carbons (Fsp3) is 0.316. The van der Waals surface area contributed by atoms with Crippen molar-refractivity contribution in [3.8, 4) is 23.0 Å². The zero-order valence-corrected chi connectivity index (χ0v) is 15.7. The number of rotatable bonds is 5. The molecule has 1 amide bonds. The fourth-order valence-electron chi connectivity index (χ4n) is 2.50. The maximum atomic E-state index is 11.8. The molecule has 0 spiro atoms. The molecule has 1 heterocycles. The first-order valence-electron chi connectivity index (χ1n) is 8.53. The van der Waals surface area contributed by atoms with Crippen LogP contribution in [0.3, 0.4) is 0 Å². The SMILES string of the molecule is CC(C)(C)OC(=O)NCc1cc(Oc2ccc3c(c2)OCO3)ccc1[N+](=O)[O-]. The smallest absolute Gasteiger partial charge is 0.407 e. The second kappa shape index (κ2) is 7.63. The highest BCUT2D eigenvalue weighted by atomic mass is 16.7. The van der Waals surface area contributed by atoms with Gasteiger partial charge in [0.25, 0.3) is 5.69 Å². The van der Waals surface area contributed by atoms with Gasteiger partial charge in [0.05, 0.1) is 17.0 Å². The number of amides is 1. The Morgan fingerprint density at radius 2 is 1.82 bits per heavy atom. The van der Waals surface area contributed by atoms with Crippen LogP contribution in [0.4, 0.5) is 10.5 Å². The Balaban J connectivity index is 1.75. The van der Waals surface area contributed by atoms with Crippen LogP contribution in [0.5, 0.6) is 23.0 Å². The number of fused-ring (bicyclic) bond motifs is 1. The largest absolute Gasteiger partial charge is 0.457 e. The quantitative estimate of drug-likeness (QED) is 0.605. The summed E-state index contributed by atoms with van der Waals surface area (Å²) >= 11 is 0. The summed E-state index contributed by atoms with van der Waals surface area (Å²) in [6.07, 6.45) is -0.663. The van der Waals surface area contributed by atoms with Crippen LogP contribution in [0.25, 0.3) is 0 Å². The summed E-state index contributed by atoms with van der Waals surface area (Å²) < 4.78 is 21.5. The van der Waals surface area contributed by atoms with Crippen LogP contribution < -0.4 is 19.5 Å². The lowest BCUT2D eigenvalue weighted by molar-refractivity contribution is -0.385. The molecule has 2 aromatic rings. The van der Waals surface area contributed by atoms with Crippen LogP contribution >= 0.6 is 0 Å². The average molecular weight is 388 g/mol. The van der Waals surface area contributed by atoms with E-state index in [1.165, 1.54) is 18.2 Å². The van der Waals surface area contributed by atoms with E-state index >= 15 is 0 Å². The molecule has 1 N–H and O–H groups in total. The topological polar surface area (TPSA) is 109 Å². The first-order valence-corrected chi connectivity index (χ1v) is 8.53. The van der Waals surface area contributed by atoms with Crippen LogP contribution in [0.15, 0.2) is 36.4 Å². The van der Waals surface area contributed by atoms with Gasteiger partial charge in [0.2, 0.25) is 6.79 Å². The number of alkyl carbamates (subject to hydrolysis) is 1. The molecular formula is C19H20N2O7. The van der Waals surface area contributed by atoms with E-state index in [0.29, 0.717) is 23.0 Å². The highest BCUT2D eigenvalue weighted by molar-refractivity contribution is 5.68. The van der Waals surface area contributed by atoms with Crippen molar-refractivity contribution >= 4 is 11.8 Å². The lowest BCUT2D eigenvalue weighted by Crippen LogP contribution is -2.32. The summed E-state index contributed by atoms with van der Waals surface area (Å²) in [5.41, 5.74) is -0.511. The third-order valence-corrected chi connectivity index (χ3v) is 3.65. The summed E-state index contributed by atoms with van der Waals surface area (Å²) in [5.74, 6) is 2.05. The molecule has 3 rings (SSSR count). The minimum atomic E-state index is -0.666. The molecule has 0 aliphatic carbocycles. The lowest BCUT2D eigenvalue weighted by atomic mass is 10.1. The van der Waals surface area contributed by atoms with E-state index in [9.17, 15) is 14.9 Å². The van der Waals surface area contributed by atoms with Gasteiger partial charge in [0, 0.05) is 12.1 Å². The van der Waals surface area contributed by atoms with Gasteiger partial charge in [-0.1, -0.05) is 0 Å². The van der Waals surface area contributed by atoms with Gasteiger partial charge in [-0.25, -0.2) is 4.79 Å². The van der Waals surface area contributed by atoms with E-state index in [0.717, 1.165) is 0 Å². The molecular weight excluding hydrogens is 368 g/mol. The monoisotopic (exact) mass is 388 g/mol. The third-order valence-electron chi connectivity index (χ3n) is 3.65. The second-order valence-corrected chi connectivity index (χ2v) is 7.02. The summed E-state index contributed by atoms with van der Waals surface area (Å²) in [6, 6.07) is 9.40. The van der Waals surface area contributed by atoms with E-state index in [-0.39, 0.29) is 24.6 Å². The van der Waals surface area contributed by atoms with Crippen LogP contribution in [0.2, 0.25) is 0 Å². The fourth-order valence-corrected chi connectivity index (χ4v) is 2.50. The van der Waals surface area contributed by atoms with Crippen molar-refractivity contribution in [1.82, 2.24) is 5.32 Å². The number of nitrogens with zero attached hydrogens (tertiary/aromatic N) is 1. The molecule has 0 aromatic heterocycles. The Labute approximate surface area is 161 Å². The number of hydrogen-bond donors (Lipinski definition) is 1. The van der Waals surface area contributed by atoms with Crippen LogP contribution in [0, 0.1) is 10.1 Å². The number of hydrogen-bond acceptors (Lipinski definition) is 7. The van der Waals surface area contributed by atoms with Crippen LogP contribution in [-0.2, 0) is 11.3 Å². The lowest BCUT2D eigenvalue weighted by Gasteiger charge is -2.19. The standard InChI is InChI=1S/C19H20N2O7/c1-19(2,3)28-18(22)20-10-12-8-13(4-6-15(12)21(23)24)27-14-5-7-16-17(9-14)26-11-25-16/h4-9H,10-11H2,1-3H3,(H,20,22). The molecule has 0 fully saturated rings. The van der Waals surface area contributed by atoms with Crippen molar-refractivity contribution in [1.29, 1.82) is 0 Å².